The van der Waals surface area contributed by atoms with Gasteiger partial charge in [0.25, 0.3) is 5.91 Å². The molecule has 2 aliphatic rings. The number of rotatable bonds is 5. The fourth-order valence-electron chi connectivity index (χ4n) is 4.18. The number of amides is 1. The van der Waals surface area contributed by atoms with Crippen LogP contribution in [0.3, 0.4) is 0 Å². The molecule has 9 heteroatoms. The molecule has 2 aromatic rings. The van der Waals surface area contributed by atoms with Crippen LogP contribution in [-0.4, -0.2) is 54.9 Å². The van der Waals surface area contributed by atoms with Crippen molar-refractivity contribution in [2.75, 3.05) is 36.4 Å². The minimum absolute atomic E-state index is 0.0352. The number of pyridine rings is 1. The van der Waals surface area contributed by atoms with Gasteiger partial charge in [-0.3, -0.25) is 4.79 Å². The molecule has 1 aromatic carbocycles. The van der Waals surface area contributed by atoms with Crippen molar-refractivity contribution in [2.24, 2.45) is 0 Å². The third kappa shape index (κ3) is 4.67. The van der Waals surface area contributed by atoms with Crippen LogP contribution >= 0.6 is 0 Å². The monoisotopic (exact) mass is 444 g/mol. The molecule has 0 spiro atoms. The molecule has 1 amide bonds. The summed E-state index contributed by atoms with van der Waals surface area (Å²) in [4.78, 5) is 19.1. The van der Waals surface area contributed by atoms with Gasteiger partial charge >= 0.3 is 0 Å². The first-order valence-electron chi connectivity index (χ1n) is 10.8. The Morgan fingerprint density at radius 3 is 2.32 bits per heavy atom. The highest BCUT2D eigenvalue weighted by molar-refractivity contribution is 7.89. The summed E-state index contributed by atoms with van der Waals surface area (Å²) < 4.78 is 28.6. The van der Waals surface area contributed by atoms with Crippen molar-refractivity contribution >= 4 is 27.4 Å². The van der Waals surface area contributed by atoms with Gasteiger partial charge in [-0.2, -0.15) is 4.31 Å². The Bertz CT molecular complexity index is 1050. The number of piperidine rings is 2. The van der Waals surface area contributed by atoms with E-state index in [0.717, 1.165) is 51.6 Å². The van der Waals surface area contributed by atoms with Crippen LogP contribution in [0.15, 0.2) is 41.4 Å². The lowest BCUT2D eigenvalue weighted by atomic mass is 10.1. The van der Waals surface area contributed by atoms with Crippen LogP contribution in [0.5, 0.6) is 5.75 Å². The third-order valence-corrected chi connectivity index (χ3v) is 7.80. The SMILES string of the molecule is O=C(Nc1ncccc1O)c1ccc(N2CCCCC2)c(S(=O)(=O)N2CCCCC2)c1. The van der Waals surface area contributed by atoms with E-state index in [4.69, 9.17) is 0 Å². The van der Waals surface area contributed by atoms with Crippen LogP contribution in [0, 0.1) is 0 Å². The van der Waals surface area contributed by atoms with E-state index in [1.807, 2.05) is 0 Å². The van der Waals surface area contributed by atoms with E-state index in [1.54, 1.807) is 18.2 Å². The van der Waals surface area contributed by atoms with Gasteiger partial charge in [-0.1, -0.05) is 6.42 Å². The molecule has 1 aromatic heterocycles. The number of carbonyl (C=O) groups is 1. The van der Waals surface area contributed by atoms with Gasteiger partial charge in [0.15, 0.2) is 11.6 Å². The fourth-order valence-corrected chi connectivity index (χ4v) is 5.93. The summed E-state index contributed by atoms with van der Waals surface area (Å²) in [5, 5.41) is 12.4. The lowest BCUT2D eigenvalue weighted by Gasteiger charge is -2.33. The van der Waals surface area contributed by atoms with Crippen molar-refractivity contribution in [3.63, 3.8) is 0 Å². The van der Waals surface area contributed by atoms with Crippen LogP contribution in [0.25, 0.3) is 0 Å². The molecule has 3 heterocycles. The second-order valence-electron chi connectivity index (χ2n) is 8.02. The van der Waals surface area contributed by atoms with Crippen LogP contribution in [-0.2, 0) is 10.0 Å². The van der Waals surface area contributed by atoms with E-state index >= 15 is 0 Å². The second kappa shape index (κ2) is 9.23. The first-order chi connectivity index (χ1) is 15.0. The zero-order valence-corrected chi connectivity index (χ0v) is 18.3. The molecular weight excluding hydrogens is 416 g/mol. The number of aromatic hydroxyl groups is 1. The summed E-state index contributed by atoms with van der Waals surface area (Å²) >= 11 is 0. The van der Waals surface area contributed by atoms with Gasteiger partial charge in [0.05, 0.1) is 5.69 Å². The van der Waals surface area contributed by atoms with Crippen LogP contribution < -0.4 is 10.2 Å². The fraction of sp³-hybridized carbons (Fsp3) is 0.455. The topological polar surface area (TPSA) is 103 Å². The molecule has 2 fully saturated rings. The molecule has 31 heavy (non-hydrogen) atoms. The number of hydrogen-bond donors (Lipinski definition) is 2. The Labute approximate surface area is 182 Å². The number of anilines is 2. The highest BCUT2D eigenvalue weighted by Crippen LogP contribution is 2.32. The van der Waals surface area contributed by atoms with Crippen molar-refractivity contribution in [1.29, 1.82) is 0 Å². The molecule has 0 aliphatic carbocycles. The van der Waals surface area contributed by atoms with Crippen LogP contribution in [0.1, 0.15) is 48.9 Å². The van der Waals surface area contributed by atoms with Gasteiger partial charge in [0.2, 0.25) is 10.0 Å². The molecule has 0 atom stereocenters. The Balaban J connectivity index is 1.70. The minimum atomic E-state index is -3.73. The smallest absolute Gasteiger partial charge is 0.256 e. The van der Waals surface area contributed by atoms with Crippen LogP contribution in [0.2, 0.25) is 0 Å². The van der Waals surface area contributed by atoms with Crippen molar-refractivity contribution < 1.29 is 18.3 Å². The second-order valence-corrected chi connectivity index (χ2v) is 9.93. The van der Waals surface area contributed by atoms with Crippen molar-refractivity contribution in [3.05, 3.63) is 42.1 Å². The van der Waals surface area contributed by atoms with E-state index in [-0.39, 0.29) is 22.0 Å². The summed E-state index contributed by atoms with van der Waals surface area (Å²) in [7, 11) is -3.73. The molecule has 0 radical (unpaired) electrons. The predicted octanol–water partition coefficient (Wildman–Crippen LogP) is 3.20. The zero-order chi connectivity index (χ0) is 21.8. The number of hydrogen-bond acceptors (Lipinski definition) is 6. The normalized spacial score (nSPS) is 18.0. The minimum Gasteiger partial charge on any atom is -0.504 e. The summed E-state index contributed by atoms with van der Waals surface area (Å²) in [6.07, 6.45) is 7.35. The largest absolute Gasteiger partial charge is 0.504 e. The molecule has 2 saturated heterocycles. The van der Waals surface area contributed by atoms with Crippen molar-refractivity contribution in [2.45, 2.75) is 43.4 Å². The third-order valence-electron chi connectivity index (χ3n) is 5.87. The van der Waals surface area contributed by atoms with Gasteiger partial charge in [0, 0.05) is 37.9 Å². The van der Waals surface area contributed by atoms with E-state index < -0.39 is 15.9 Å². The Kier molecular flexibility index (Phi) is 6.43. The number of aromatic nitrogens is 1. The molecule has 0 bridgehead atoms. The Morgan fingerprint density at radius 2 is 1.65 bits per heavy atom. The first kappa shape index (κ1) is 21.6. The number of sulfonamides is 1. The summed E-state index contributed by atoms with van der Waals surface area (Å²) in [6, 6.07) is 7.81. The molecule has 0 unspecified atom stereocenters. The number of benzene rings is 1. The lowest BCUT2D eigenvalue weighted by molar-refractivity contribution is 0.102. The molecule has 8 nitrogen and oxygen atoms in total. The van der Waals surface area contributed by atoms with Crippen molar-refractivity contribution in [1.82, 2.24) is 9.29 Å². The maximum Gasteiger partial charge on any atom is 0.256 e. The van der Waals surface area contributed by atoms with Gasteiger partial charge in [-0.15, -0.1) is 0 Å². The molecule has 2 N–H and O–H groups in total. The van der Waals surface area contributed by atoms with E-state index in [9.17, 15) is 18.3 Å². The molecule has 4 rings (SSSR count). The first-order valence-corrected chi connectivity index (χ1v) is 12.3. The summed E-state index contributed by atoms with van der Waals surface area (Å²) in [5.41, 5.74) is 0.865. The van der Waals surface area contributed by atoms with E-state index in [2.05, 4.69) is 15.2 Å². The number of carbonyl (C=O) groups excluding carboxylic acids is 1. The summed E-state index contributed by atoms with van der Waals surface area (Å²) in [5.74, 6) is -0.635. The van der Waals surface area contributed by atoms with Gasteiger partial charge < -0.3 is 15.3 Å². The lowest BCUT2D eigenvalue weighted by Crippen LogP contribution is -2.37. The molecule has 2 aliphatic heterocycles. The highest BCUT2D eigenvalue weighted by Gasteiger charge is 2.31. The average molecular weight is 445 g/mol. The van der Waals surface area contributed by atoms with Gasteiger partial charge in [0.1, 0.15) is 4.90 Å². The quantitative estimate of drug-likeness (QED) is 0.734. The Morgan fingerprint density at radius 1 is 0.968 bits per heavy atom. The molecule has 0 saturated carbocycles. The maximum atomic E-state index is 13.6. The van der Waals surface area contributed by atoms with E-state index in [0.29, 0.717) is 18.8 Å². The van der Waals surface area contributed by atoms with Crippen molar-refractivity contribution in [3.8, 4) is 5.75 Å². The Hall–Kier alpha value is -2.65. The highest BCUT2D eigenvalue weighted by atomic mass is 32.2. The number of nitrogens with zero attached hydrogens (tertiary/aromatic N) is 3. The van der Waals surface area contributed by atoms with Gasteiger partial charge in [-0.05, 0) is 62.4 Å². The number of nitrogens with one attached hydrogen (secondary N) is 1. The molecular formula is C22H28N4O4S. The van der Waals surface area contributed by atoms with E-state index in [1.165, 1.54) is 22.6 Å². The maximum absolute atomic E-state index is 13.6. The van der Waals surface area contributed by atoms with Gasteiger partial charge in [-0.25, -0.2) is 13.4 Å². The summed E-state index contributed by atoms with van der Waals surface area (Å²) in [6.45, 7) is 2.60. The average Bonchev–Trinajstić information content (AvgIpc) is 2.81. The van der Waals surface area contributed by atoms with Crippen LogP contribution in [0.4, 0.5) is 11.5 Å². The molecule has 166 valence electrons. The predicted molar refractivity (Wildman–Crippen MR) is 119 cm³/mol. The zero-order valence-electron chi connectivity index (χ0n) is 17.5. The standard InChI is InChI=1S/C22H28N4O4S/c27-19-8-7-11-23-21(19)24-22(28)17-9-10-18(25-12-3-1-4-13-25)20(16-17)31(29,30)26-14-5-2-6-15-26/h7-11,16,27H,1-6,12-15H2,(H,23,24,28).